The van der Waals surface area contributed by atoms with Crippen molar-refractivity contribution in [2.75, 3.05) is 6.54 Å². The molecule has 0 aromatic heterocycles. The van der Waals surface area contributed by atoms with E-state index in [1.165, 1.54) is 25.7 Å². The van der Waals surface area contributed by atoms with Gasteiger partial charge in [-0.15, -0.1) is 0 Å². The summed E-state index contributed by atoms with van der Waals surface area (Å²) >= 11 is 9.61. The molecule has 94 valence electrons. The molecule has 2 rings (SSSR count). The Labute approximate surface area is 116 Å². The van der Waals surface area contributed by atoms with E-state index in [4.69, 9.17) is 17.3 Å². The average molecular weight is 318 g/mol. The predicted octanol–water partition coefficient (Wildman–Crippen LogP) is 3.63. The molecule has 1 aromatic carbocycles. The van der Waals surface area contributed by atoms with Crippen LogP contribution in [0.1, 0.15) is 37.3 Å². The van der Waals surface area contributed by atoms with Crippen molar-refractivity contribution in [3.05, 3.63) is 33.3 Å². The van der Waals surface area contributed by atoms with Gasteiger partial charge in [0.2, 0.25) is 0 Å². The van der Waals surface area contributed by atoms with E-state index < -0.39 is 0 Å². The summed E-state index contributed by atoms with van der Waals surface area (Å²) in [5, 5.41) is 4.40. The zero-order chi connectivity index (χ0) is 12.3. The predicted molar refractivity (Wildman–Crippen MR) is 76.3 cm³/mol. The van der Waals surface area contributed by atoms with Crippen molar-refractivity contribution in [2.45, 2.75) is 37.8 Å². The van der Waals surface area contributed by atoms with E-state index in [0.29, 0.717) is 12.6 Å². The van der Waals surface area contributed by atoms with Gasteiger partial charge in [0.25, 0.3) is 0 Å². The second kappa shape index (κ2) is 6.19. The summed E-state index contributed by atoms with van der Waals surface area (Å²) < 4.78 is 1.07. The van der Waals surface area contributed by atoms with E-state index in [0.717, 1.165) is 15.1 Å². The van der Waals surface area contributed by atoms with Crippen molar-refractivity contribution in [3.8, 4) is 0 Å². The lowest BCUT2D eigenvalue weighted by molar-refractivity contribution is 0.443. The number of hydrogen-bond donors (Lipinski definition) is 2. The first-order valence-corrected chi connectivity index (χ1v) is 7.29. The van der Waals surface area contributed by atoms with Crippen molar-refractivity contribution in [3.63, 3.8) is 0 Å². The molecule has 0 heterocycles. The van der Waals surface area contributed by atoms with Gasteiger partial charge in [0, 0.05) is 28.1 Å². The van der Waals surface area contributed by atoms with Gasteiger partial charge >= 0.3 is 0 Å². The molecular formula is C13H18BrClN2. The number of nitrogens with one attached hydrogen (secondary N) is 1. The van der Waals surface area contributed by atoms with Crippen LogP contribution in [0.4, 0.5) is 0 Å². The van der Waals surface area contributed by atoms with Crippen LogP contribution < -0.4 is 11.1 Å². The fourth-order valence-corrected chi connectivity index (χ4v) is 3.15. The Kier molecular flexibility index (Phi) is 4.86. The van der Waals surface area contributed by atoms with Gasteiger partial charge in [-0.3, -0.25) is 0 Å². The topological polar surface area (TPSA) is 38.0 Å². The van der Waals surface area contributed by atoms with E-state index in [-0.39, 0.29) is 6.04 Å². The molecule has 2 nitrogen and oxygen atoms in total. The lowest BCUT2D eigenvalue weighted by Gasteiger charge is -2.23. The fourth-order valence-electron chi connectivity index (χ4n) is 2.44. The minimum absolute atomic E-state index is 0.186. The van der Waals surface area contributed by atoms with Crippen molar-refractivity contribution in [1.82, 2.24) is 5.32 Å². The molecule has 0 bridgehead atoms. The molecule has 0 radical (unpaired) electrons. The van der Waals surface area contributed by atoms with Gasteiger partial charge in [-0.2, -0.15) is 0 Å². The van der Waals surface area contributed by atoms with Gasteiger partial charge in [0.05, 0.1) is 0 Å². The molecule has 0 aliphatic heterocycles. The minimum Gasteiger partial charge on any atom is -0.329 e. The van der Waals surface area contributed by atoms with Gasteiger partial charge in [0.15, 0.2) is 0 Å². The maximum absolute atomic E-state index is 6.05. The van der Waals surface area contributed by atoms with E-state index in [9.17, 15) is 0 Å². The Bertz CT molecular complexity index is 378. The largest absolute Gasteiger partial charge is 0.329 e. The van der Waals surface area contributed by atoms with Crippen molar-refractivity contribution >= 4 is 27.5 Å². The zero-order valence-electron chi connectivity index (χ0n) is 9.76. The molecule has 1 atom stereocenters. The summed E-state index contributed by atoms with van der Waals surface area (Å²) in [6.07, 6.45) is 5.17. The molecule has 3 N–H and O–H groups in total. The Morgan fingerprint density at radius 3 is 2.76 bits per heavy atom. The second-order valence-electron chi connectivity index (χ2n) is 4.60. The van der Waals surface area contributed by atoms with Crippen LogP contribution in [0.2, 0.25) is 5.02 Å². The third kappa shape index (κ3) is 3.44. The average Bonchev–Trinajstić information content (AvgIpc) is 2.82. The van der Waals surface area contributed by atoms with Crippen LogP contribution >= 0.6 is 27.5 Å². The highest BCUT2D eigenvalue weighted by Crippen LogP contribution is 2.28. The van der Waals surface area contributed by atoms with Crippen molar-refractivity contribution in [1.29, 1.82) is 0 Å². The highest BCUT2D eigenvalue weighted by atomic mass is 79.9. The lowest BCUT2D eigenvalue weighted by atomic mass is 10.1. The summed E-state index contributed by atoms with van der Waals surface area (Å²) in [5.74, 6) is 0. The number of halogens is 2. The summed E-state index contributed by atoms with van der Waals surface area (Å²) in [6.45, 7) is 0.593. The molecule has 1 unspecified atom stereocenters. The molecule has 0 amide bonds. The first kappa shape index (κ1) is 13.3. The Balaban J connectivity index is 2.13. The maximum atomic E-state index is 6.05. The van der Waals surface area contributed by atoms with Crippen molar-refractivity contribution in [2.24, 2.45) is 5.73 Å². The summed E-state index contributed by atoms with van der Waals surface area (Å²) in [4.78, 5) is 0. The second-order valence-corrected chi connectivity index (χ2v) is 5.89. The van der Waals surface area contributed by atoms with E-state index in [2.05, 4.69) is 21.2 Å². The molecule has 4 heteroatoms. The van der Waals surface area contributed by atoms with Gasteiger partial charge < -0.3 is 11.1 Å². The third-order valence-electron chi connectivity index (χ3n) is 3.36. The molecule has 1 saturated carbocycles. The molecule has 0 saturated heterocycles. The third-order valence-corrected chi connectivity index (χ3v) is 4.32. The number of nitrogens with two attached hydrogens (primary N) is 1. The molecule has 1 fully saturated rings. The summed E-state index contributed by atoms with van der Waals surface area (Å²) in [6, 6.07) is 6.65. The van der Waals surface area contributed by atoms with E-state index >= 15 is 0 Å². The van der Waals surface area contributed by atoms with Crippen LogP contribution in [0, 0.1) is 0 Å². The Morgan fingerprint density at radius 1 is 1.41 bits per heavy atom. The van der Waals surface area contributed by atoms with Crippen LogP contribution in [-0.4, -0.2) is 12.6 Å². The van der Waals surface area contributed by atoms with Crippen LogP contribution in [0.3, 0.4) is 0 Å². The fraction of sp³-hybridized carbons (Fsp3) is 0.538. The smallest absolute Gasteiger partial charge is 0.0458 e. The molecule has 17 heavy (non-hydrogen) atoms. The first-order chi connectivity index (χ1) is 8.20. The SMILES string of the molecule is NCC(NC1CCCC1)c1cc(Cl)ccc1Br. The summed E-state index contributed by atoms with van der Waals surface area (Å²) in [7, 11) is 0. The molecular weight excluding hydrogens is 300 g/mol. The molecule has 1 aliphatic rings. The van der Waals surface area contributed by atoms with E-state index in [1.807, 2.05) is 18.2 Å². The van der Waals surface area contributed by atoms with E-state index in [1.54, 1.807) is 0 Å². The highest BCUT2D eigenvalue weighted by molar-refractivity contribution is 9.10. The van der Waals surface area contributed by atoms with Crippen LogP contribution in [0.25, 0.3) is 0 Å². The Morgan fingerprint density at radius 2 is 2.12 bits per heavy atom. The van der Waals surface area contributed by atoms with Crippen LogP contribution in [0.5, 0.6) is 0 Å². The summed E-state index contributed by atoms with van der Waals surface area (Å²) in [5.41, 5.74) is 7.03. The quantitative estimate of drug-likeness (QED) is 0.890. The molecule has 1 aromatic rings. The Hall–Kier alpha value is -0.0900. The van der Waals surface area contributed by atoms with Crippen LogP contribution in [-0.2, 0) is 0 Å². The van der Waals surface area contributed by atoms with Gasteiger partial charge in [-0.05, 0) is 36.6 Å². The van der Waals surface area contributed by atoms with Gasteiger partial charge in [-0.25, -0.2) is 0 Å². The van der Waals surface area contributed by atoms with Crippen molar-refractivity contribution < 1.29 is 0 Å². The van der Waals surface area contributed by atoms with Gasteiger partial charge in [0.1, 0.15) is 0 Å². The molecule has 0 spiro atoms. The standard InChI is InChI=1S/C13H18BrClN2/c14-12-6-5-9(15)7-11(12)13(8-16)17-10-3-1-2-4-10/h5-7,10,13,17H,1-4,8,16H2. The first-order valence-electron chi connectivity index (χ1n) is 6.12. The number of rotatable bonds is 4. The monoisotopic (exact) mass is 316 g/mol. The number of hydrogen-bond acceptors (Lipinski definition) is 2. The highest BCUT2D eigenvalue weighted by Gasteiger charge is 2.20. The van der Waals surface area contributed by atoms with Crippen LogP contribution in [0.15, 0.2) is 22.7 Å². The number of benzene rings is 1. The minimum atomic E-state index is 0.186. The lowest BCUT2D eigenvalue weighted by Crippen LogP contribution is -2.35. The zero-order valence-corrected chi connectivity index (χ0v) is 12.1. The molecule has 1 aliphatic carbocycles. The normalized spacial score (nSPS) is 18.5. The van der Waals surface area contributed by atoms with Gasteiger partial charge in [-0.1, -0.05) is 40.4 Å². The maximum Gasteiger partial charge on any atom is 0.0458 e.